The molecule has 7 nitrogen and oxygen atoms in total. The minimum atomic E-state index is -0.611. The van der Waals surface area contributed by atoms with Crippen molar-refractivity contribution in [2.45, 2.75) is 19.1 Å². The van der Waals surface area contributed by atoms with Crippen molar-refractivity contribution in [2.75, 3.05) is 19.5 Å². The maximum Gasteiger partial charge on any atom is 0.226 e. The lowest BCUT2D eigenvalue weighted by Crippen LogP contribution is -2.33. The molecular weight excluding hydrogens is 447 g/mol. The smallest absolute Gasteiger partial charge is 0.226 e. The van der Waals surface area contributed by atoms with Crippen LogP contribution in [0.3, 0.4) is 0 Å². The molecule has 2 aliphatic rings. The molecule has 0 bridgehead atoms. The van der Waals surface area contributed by atoms with Crippen LogP contribution in [0.2, 0.25) is 0 Å². The number of rotatable bonds is 4. The number of fused-ring (bicyclic) bond motifs is 3. The van der Waals surface area contributed by atoms with Gasteiger partial charge in [0.25, 0.3) is 0 Å². The second kappa shape index (κ2) is 8.16. The molecule has 0 spiro atoms. The number of methoxy groups -OCH3 is 2. The molecule has 1 N–H and O–H groups in total. The third kappa shape index (κ3) is 3.24. The molecule has 0 amide bonds. The van der Waals surface area contributed by atoms with Gasteiger partial charge in [0.2, 0.25) is 5.95 Å². The fourth-order valence-corrected chi connectivity index (χ4v) is 4.96. The maximum atomic E-state index is 15.3. The Morgan fingerprint density at radius 2 is 1.83 bits per heavy atom. The van der Waals surface area contributed by atoms with Crippen LogP contribution in [0.1, 0.15) is 34.4 Å². The van der Waals surface area contributed by atoms with Crippen molar-refractivity contribution in [3.8, 4) is 17.2 Å². The first-order valence-electron chi connectivity index (χ1n) is 11.2. The molecule has 0 saturated heterocycles. The third-order valence-corrected chi connectivity index (χ3v) is 6.49. The molecule has 4 aromatic rings. The van der Waals surface area contributed by atoms with E-state index in [0.29, 0.717) is 28.8 Å². The van der Waals surface area contributed by atoms with Crippen molar-refractivity contribution in [3.63, 3.8) is 0 Å². The lowest BCUT2D eigenvalue weighted by molar-refractivity contribution is 0.215. The fraction of sp³-hybridized carbons (Fsp3) is 0.185. The topological polar surface area (TPSA) is 70.4 Å². The van der Waals surface area contributed by atoms with Crippen molar-refractivity contribution in [2.24, 2.45) is 0 Å². The van der Waals surface area contributed by atoms with E-state index < -0.39 is 12.1 Å². The van der Waals surface area contributed by atoms with E-state index >= 15 is 4.39 Å². The molecule has 176 valence electrons. The quantitative estimate of drug-likeness (QED) is 0.436. The van der Waals surface area contributed by atoms with Gasteiger partial charge in [-0.3, -0.25) is 0 Å². The molecule has 3 aromatic carbocycles. The second-order valence-corrected chi connectivity index (χ2v) is 8.49. The Morgan fingerprint density at radius 1 is 1.00 bits per heavy atom. The number of hydrogen-bond donors (Lipinski definition) is 1. The van der Waals surface area contributed by atoms with Crippen LogP contribution in [0, 0.1) is 12.7 Å². The number of ether oxygens (including phenoxy) is 3. The fourth-order valence-electron chi connectivity index (χ4n) is 4.96. The zero-order chi connectivity index (χ0) is 24.1. The zero-order valence-corrected chi connectivity index (χ0v) is 19.4. The number of nitrogens with zero attached hydrogens (tertiary/aromatic N) is 3. The predicted octanol–water partition coefficient (Wildman–Crippen LogP) is 5.30. The molecule has 35 heavy (non-hydrogen) atoms. The summed E-state index contributed by atoms with van der Waals surface area (Å²) in [4.78, 5) is 4.41. The number of hydrogen-bond acceptors (Lipinski definition) is 6. The molecule has 2 aliphatic heterocycles. The van der Waals surface area contributed by atoms with Crippen LogP contribution in [0.25, 0.3) is 5.70 Å². The van der Waals surface area contributed by atoms with Crippen LogP contribution >= 0.6 is 0 Å². The Bertz CT molecular complexity index is 1480. The van der Waals surface area contributed by atoms with Crippen molar-refractivity contribution in [3.05, 3.63) is 101 Å². The number of nitrogens with one attached hydrogen (secondary N) is 1. The van der Waals surface area contributed by atoms with Crippen LogP contribution < -0.4 is 19.5 Å². The monoisotopic (exact) mass is 470 g/mol. The van der Waals surface area contributed by atoms with Gasteiger partial charge in [-0.05, 0) is 31.2 Å². The summed E-state index contributed by atoms with van der Waals surface area (Å²) in [5, 5.41) is 7.90. The van der Waals surface area contributed by atoms with Crippen molar-refractivity contribution in [1.82, 2.24) is 14.8 Å². The van der Waals surface area contributed by atoms with Crippen molar-refractivity contribution < 1.29 is 18.6 Å². The van der Waals surface area contributed by atoms with Crippen molar-refractivity contribution in [1.29, 1.82) is 0 Å². The molecule has 0 unspecified atom stereocenters. The molecule has 0 saturated carbocycles. The Kier molecular flexibility index (Phi) is 4.95. The lowest BCUT2D eigenvalue weighted by Gasteiger charge is -2.39. The standard InChI is InChI=1S/C27H23FN4O3/c1-15-11-12-20-18(13-15)23-22(26(35-20)17-8-6-10-21(33-2)25(17)34-3)24(16-7-4-5-9-19(16)28)32-27(31-23)29-14-30-32/h4-14,24,26H,1-3H3,(H,29,30,31)/t24-,26-/m0/s1. The minimum Gasteiger partial charge on any atom is -0.493 e. The van der Waals surface area contributed by atoms with Crippen LogP contribution in [-0.4, -0.2) is 29.0 Å². The van der Waals surface area contributed by atoms with Crippen molar-refractivity contribution >= 4 is 11.6 Å². The van der Waals surface area contributed by atoms with Gasteiger partial charge in [0.1, 0.15) is 23.9 Å². The van der Waals surface area contributed by atoms with Crippen LogP contribution in [-0.2, 0) is 0 Å². The van der Waals surface area contributed by atoms with E-state index in [1.807, 2.05) is 43.3 Å². The highest BCUT2D eigenvalue weighted by Crippen LogP contribution is 2.53. The van der Waals surface area contributed by atoms with Gasteiger partial charge >= 0.3 is 0 Å². The SMILES string of the molecule is COc1cccc([C@@H]2Oc3ccc(C)cc3C3=C2[C@H](c2ccccc2F)n2ncnc2N3)c1OC. The third-order valence-electron chi connectivity index (χ3n) is 6.49. The number of anilines is 1. The van der Waals surface area contributed by atoms with Gasteiger partial charge in [-0.1, -0.05) is 42.0 Å². The van der Waals surface area contributed by atoms with E-state index in [9.17, 15) is 0 Å². The zero-order valence-electron chi connectivity index (χ0n) is 19.4. The summed E-state index contributed by atoms with van der Waals surface area (Å²) in [6, 6.07) is 17.8. The first-order chi connectivity index (χ1) is 17.1. The Hall–Kier alpha value is -4.33. The number of benzene rings is 3. The van der Waals surface area contributed by atoms with E-state index in [-0.39, 0.29) is 5.82 Å². The van der Waals surface area contributed by atoms with E-state index in [0.717, 1.165) is 28.0 Å². The Balaban J connectivity index is 1.67. The average molecular weight is 471 g/mol. The summed E-state index contributed by atoms with van der Waals surface area (Å²) in [6.07, 6.45) is 0.855. The largest absolute Gasteiger partial charge is 0.493 e. The first kappa shape index (κ1) is 21.2. The Labute approximate surface area is 201 Å². The van der Waals surface area contributed by atoms with Gasteiger partial charge in [-0.2, -0.15) is 10.1 Å². The molecule has 0 aliphatic carbocycles. The minimum absolute atomic E-state index is 0.334. The van der Waals surface area contributed by atoms with Crippen LogP contribution in [0.5, 0.6) is 17.2 Å². The van der Waals surface area contributed by atoms with E-state index in [1.54, 1.807) is 31.0 Å². The van der Waals surface area contributed by atoms with Gasteiger partial charge < -0.3 is 19.5 Å². The van der Waals surface area contributed by atoms with Gasteiger partial charge in [-0.25, -0.2) is 9.07 Å². The van der Waals surface area contributed by atoms with Crippen LogP contribution in [0.15, 0.2) is 72.6 Å². The lowest BCUT2D eigenvalue weighted by atomic mass is 9.84. The molecule has 0 fully saturated rings. The summed E-state index contributed by atoms with van der Waals surface area (Å²) >= 11 is 0. The highest BCUT2D eigenvalue weighted by molar-refractivity contribution is 5.85. The average Bonchev–Trinajstić information content (AvgIpc) is 3.35. The van der Waals surface area contributed by atoms with Crippen LogP contribution in [0.4, 0.5) is 10.3 Å². The molecular formula is C27H23FN4O3. The highest BCUT2D eigenvalue weighted by Gasteiger charge is 2.43. The molecule has 2 atom stereocenters. The number of aromatic nitrogens is 3. The van der Waals surface area contributed by atoms with Gasteiger partial charge in [-0.15, -0.1) is 0 Å². The number of halogens is 1. The van der Waals surface area contributed by atoms with Gasteiger partial charge in [0, 0.05) is 22.3 Å². The number of para-hydroxylation sites is 1. The summed E-state index contributed by atoms with van der Waals surface area (Å²) in [5.74, 6) is 2.04. The summed E-state index contributed by atoms with van der Waals surface area (Å²) in [6.45, 7) is 2.03. The van der Waals surface area contributed by atoms with E-state index in [1.165, 1.54) is 12.4 Å². The Morgan fingerprint density at radius 3 is 2.63 bits per heavy atom. The second-order valence-electron chi connectivity index (χ2n) is 8.49. The molecule has 0 radical (unpaired) electrons. The van der Waals surface area contributed by atoms with E-state index in [4.69, 9.17) is 14.2 Å². The van der Waals surface area contributed by atoms with Gasteiger partial charge in [0.05, 0.1) is 19.9 Å². The molecule has 1 aromatic heterocycles. The highest BCUT2D eigenvalue weighted by atomic mass is 19.1. The summed E-state index contributed by atoms with van der Waals surface area (Å²) in [7, 11) is 3.19. The normalized spacial score (nSPS) is 18.1. The first-order valence-corrected chi connectivity index (χ1v) is 11.2. The molecule has 6 rings (SSSR count). The molecule has 8 heteroatoms. The predicted molar refractivity (Wildman–Crippen MR) is 129 cm³/mol. The summed E-state index contributed by atoms with van der Waals surface area (Å²) in [5.41, 5.74) is 4.81. The maximum absolute atomic E-state index is 15.3. The summed E-state index contributed by atoms with van der Waals surface area (Å²) < 4.78 is 35.0. The van der Waals surface area contributed by atoms with Gasteiger partial charge in [0.15, 0.2) is 17.6 Å². The molecule has 3 heterocycles. The number of aryl methyl sites for hydroxylation is 1. The van der Waals surface area contributed by atoms with E-state index in [2.05, 4.69) is 21.5 Å².